The summed E-state index contributed by atoms with van der Waals surface area (Å²) in [5, 5.41) is 8.85. The molecule has 2 fully saturated rings. The molecule has 0 bridgehead atoms. The second-order valence-corrected chi connectivity index (χ2v) is 4.25. The number of hydrogen-bond donors (Lipinski definition) is 1. The molecule has 5 heteroatoms. The highest BCUT2D eigenvalue weighted by atomic mass is 16.5. The molecule has 0 saturated carbocycles. The third-order valence-electron chi connectivity index (χ3n) is 3.22. The van der Waals surface area contributed by atoms with E-state index >= 15 is 0 Å². The average Bonchev–Trinajstić information content (AvgIpc) is 2.58. The molecular formula is C9H16N2O3. The van der Waals surface area contributed by atoms with Gasteiger partial charge in [0.15, 0.2) is 0 Å². The molecule has 0 aromatic rings. The number of carbonyl (C=O) groups is 1. The van der Waals surface area contributed by atoms with E-state index in [9.17, 15) is 4.79 Å². The zero-order valence-electron chi connectivity index (χ0n) is 8.51. The number of likely N-dealkylation sites (tertiary alicyclic amines) is 1. The van der Waals surface area contributed by atoms with Gasteiger partial charge < -0.3 is 19.6 Å². The Kier molecular flexibility index (Phi) is 2.36. The number of fused-ring (bicyclic) bond motifs is 1. The fourth-order valence-electron chi connectivity index (χ4n) is 2.38. The van der Waals surface area contributed by atoms with Crippen LogP contribution in [0.2, 0.25) is 0 Å². The topological polar surface area (TPSA) is 53.0 Å². The monoisotopic (exact) mass is 200 g/mol. The Morgan fingerprint density at radius 2 is 2.21 bits per heavy atom. The largest absolute Gasteiger partial charge is 0.465 e. The van der Waals surface area contributed by atoms with Gasteiger partial charge in [0, 0.05) is 18.5 Å². The van der Waals surface area contributed by atoms with Crippen LogP contribution in [0.1, 0.15) is 0 Å². The second-order valence-electron chi connectivity index (χ2n) is 4.25. The highest BCUT2D eigenvalue weighted by molar-refractivity contribution is 5.65. The van der Waals surface area contributed by atoms with Crippen molar-refractivity contribution in [2.75, 3.05) is 33.8 Å². The summed E-state index contributed by atoms with van der Waals surface area (Å²) in [6.45, 7) is 1.88. The lowest BCUT2D eigenvalue weighted by Gasteiger charge is -2.23. The molecule has 3 atom stereocenters. The van der Waals surface area contributed by atoms with Crippen molar-refractivity contribution in [1.29, 1.82) is 0 Å². The number of amides is 1. The van der Waals surface area contributed by atoms with Gasteiger partial charge in [-0.05, 0) is 14.1 Å². The molecule has 0 spiro atoms. The first-order valence-electron chi connectivity index (χ1n) is 4.85. The fraction of sp³-hybridized carbons (Fsp3) is 0.889. The van der Waals surface area contributed by atoms with E-state index in [4.69, 9.17) is 9.84 Å². The molecule has 0 radical (unpaired) electrons. The standard InChI is InChI=1S/C9H16N2O3/c1-10(2)7-5-14-8-4-11(9(12)13)3-6(7)8/h6-8H,3-5H2,1-2H3,(H,12,13). The Bertz CT molecular complexity index is 244. The molecule has 1 amide bonds. The minimum absolute atomic E-state index is 0.110. The van der Waals surface area contributed by atoms with Crippen molar-refractivity contribution in [2.45, 2.75) is 12.1 Å². The summed E-state index contributed by atoms with van der Waals surface area (Å²) in [6, 6.07) is 0.365. The first-order valence-corrected chi connectivity index (χ1v) is 4.85. The van der Waals surface area contributed by atoms with Crippen LogP contribution in [0.3, 0.4) is 0 Å². The average molecular weight is 200 g/mol. The van der Waals surface area contributed by atoms with E-state index in [1.165, 1.54) is 4.90 Å². The maximum absolute atomic E-state index is 10.8. The van der Waals surface area contributed by atoms with Crippen molar-refractivity contribution >= 4 is 6.09 Å². The van der Waals surface area contributed by atoms with E-state index in [1.807, 2.05) is 14.1 Å². The highest BCUT2D eigenvalue weighted by Crippen LogP contribution is 2.31. The molecule has 0 aromatic heterocycles. The summed E-state index contributed by atoms with van der Waals surface area (Å²) < 4.78 is 5.58. The van der Waals surface area contributed by atoms with Gasteiger partial charge in [-0.25, -0.2) is 4.79 Å². The first kappa shape index (κ1) is 9.73. The lowest BCUT2D eigenvalue weighted by atomic mass is 10.00. The fourth-order valence-corrected chi connectivity index (χ4v) is 2.38. The molecule has 80 valence electrons. The third kappa shape index (κ3) is 1.46. The summed E-state index contributed by atoms with van der Waals surface area (Å²) >= 11 is 0. The van der Waals surface area contributed by atoms with Gasteiger partial charge in [-0.15, -0.1) is 0 Å². The van der Waals surface area contributed by atoms with Gasteiger partial charge in [0.25, 0.3) is 0 Å². The van der Waals surface area contributed by atoms with Crippen LogP contribution in [0.4, 0.5) is 4.79 Å². The summed E-state index contributed by atoms with van der Waals surface area (Å²) in [7, 11) is 4.03. The lowest BCUT2D eigenvalue weighted by Crippen LogP contribution is -2.38. The minimum atomic E-state index is -0.833. The highest BCUT2D eigenvalue weighted by Gasteiger charge is 2.45. The SMILES string of the molecule is CN(C)C1COC2CN(C(=O)O)CC21. The van der Waals surface area contributed by atoms with Crippen LogP contribution in [0, 0.1) is 5.92 Å². The molecule has 0 aromatic carbocycles. The number of nitrogens with zero attached hydrogens (tertiary/aromatic N) is 2. The van der Waals surface area contributed by atoms with Gasteiger partial charge in [0.2, 0.25) is 0 Å². The van der Waals surface area contributed by atoms with Gasteiger partial charge in [-0.3, -0.25) is 0 Å². The second kappa shape index (κ2) is 3.40. The Labute approximate surface area is 83.2 Å². The number of likely N-dealkylation sites (N-methyl/N-ethyl adjacent to an activating group) is 1. The van der Waals surface area contributed by atoms with E-state index in [-0.39, 0.29) is 6.10 Å². The van der Waals surface area contributed by atoms with E-state index in [0.29, 0.717) is 25.0 Å². The molecule has 2 aliphatic heterocycles. The number of rotatable bonds is 1. The molecular weight excluding hydrogens is 184 g/mol. The summed E-state index contributed by atoms with van der Waals surface area (Å²) in [4.78, 5) is 14.3. The molecule has 2 aliphatic rings. The van der Waals surface area contributed by atoms with Crippen molar-refractivity contribution in [2.24, 2.45) is 5.92 Å². The molecule has 2 heterocycles. The zero-order chi connectivity index (χ0) is 10.3. The first-order chi connectivity index (χ1) is 6.59. The van der Waals surface area contributed by atoms with Crippen LogP contribution in [-0.2, 0) is 4.74 Å². The van der Waals surface area contributed by atoms with Crippen molar-refractivity contribution in [3.8, 4) is 0 Å². The maximum atomic E-state index is 10.8. The molecule has 14 heavy (non-hydrogen) atoms. The van der Waals surface area contributed by atoms with Crippen LogP contribution in [0.15, 0.2) is 0 Å². The van der Waals surface area contributed by atoms with E-state index in [0.717, 1.165) is 6.61 Å². The van der Waals surface area contributed by atoms with Crippen molar-refractivity contribution < 1.29 is 14.6 Å². The van der Waals surface area contributed by atoms with Gasteiger partial charge in [0.1, 0.15) is 0 Å². The van der Waals surface area contributed by atoms with E-state index in [1.54, 1.807) is 0 Å². The zero-order valence-corrected chi connectivity index (χ0v) is 8.51. The van der Waals surface area contributed by atoms with Crippen LogP contribution in [-0.4, -0.2) is 66.9 Å². The smallest absolute Gasteiger partial charge is 0.407 e. The van der Waals surface area contributed by atoms with Gasteiger partial charge in [0.05, 0.1) is 19.3 Å². The van der Waals surface area contributed by atoms with Crippen LogP contribution in [0.5, 0.6) is 0 Å². The van der Waals surface area contributed by atoms with Gasteiger partial charge in [-0.1, -0.05) is 0 Å². The lowest BCUT2D eigenvalue weighted by molar-refractivity contribution is 0.0874. The molecule has 5 nitrogen and oxygen atoms in total. The van der Waals surface area contributed by atoms with Crippen LogP contribution >= 0.6 is 0 Å². The summed E-state index contributed by atoms with van der Waals surface area (Å²) in [5.41, 5.74) is 0. The van der Waals surface area contributed by atoms with Crippen molar-refractivity contribution in [3.05, 3.63) is 0 Å². The molecule has 2 rings (SSSR count). The van der Waals surface area contributed by atoms with Crippen LogP contribution in [0.25, 0.3) is 0 Å². The Morgan fingerprint density at radius 3 is 2.79 bits per heavy atom. The normalized spacial score (nSPS) is 36.5. The number of carboxylic acid groups (broad SMARTS) is 1. The van der Waals surface area contributed by atoms with E-state index < -0.39 is 6.09 Å². The van der Waals surface area contributed by atoms with Gasteiger partial charge >= 0.3 is 6.09 Å². The molecule has 0 aliphatic carbocycles. The molecule has 3 unspecified atom stereocenters. The quantitative estimate of drug-likeness (QED) is 0.643. The maximum Gasteiger partial charge on any atom is 0.407 e. The minimum Gasteiger partial charge on any atom is -0.465 e. The predicted octanol–water partition coefficient (Wildman–Crippen LogP) is -0.0748. The van der Waals surface area contributed by atoms with Crippen molar-refractivity contribution in [1.82, 2.24) is 9.80 Å². The number of hydrogen-bond acceptors (Lipinski definition) is 3. The number of ether oxygens (including phenoxy) is 1. The Hall–Kier alpha value is -0.810. The Morgan fingerprint density at radius 1 is 1.50 bits per heavy atom. The summed E-state index contributed by atoms with van der Waals surface area (Å²) in [5.74, 6) is 0.348. The Balaban J connectivity index is 2.03. The van der Waals surface area contributed by atoms with Crippen LogP contribution < -0.4 is 0 Å². The molecule has 2 saturated heterocycles. The molecule has 1 N–H and O–H groups in total. The van der Waals surface area contributed by atoms with Crippen molar-refractivity contribution in [3.63, 3.8) is 0 Å². The predicted molar refractivity (Wildman–Crippen MR) is 50.3 cm³/mol. The van der Waals surface area contributed by atoms with Gasteiger partial charge in [-0.2, -0.15) is 0 Å². The third-order valence-corrected chi connectivity index (χ3v) is 3.22. The van der Waals surface area contributed by atoms with E-state index in [2.05, 4.69) is 4.90 Å². The summed E-state index contributed by atoms with van der Waals surface area (Å²) in [6.07, 6.45) is -0.723.